The van der Waals surface area contributed by atoms with Gasteiger partial charge < -0.3 is 10.5 Å². The molecule has 12 heteroatoms. The Labute approximate surface area is 238 Å². The number of carbonyl (C=O) groups excluding carboxylic acids is 1. The summed E-state index contributed by atoms with van der Waals surface area (Å²) in [7, 11) is 1.66. The summed E-state index contributed by atoms with van der Waals surface area (Å²) in [6, 6.07) is 11.9. The fourth-order valence-corrected chi connectivity index (χ4v) is 5.67. The molecule has 5 rings (SSSR count). The summed E-state index contributed by atoms with van der Waals surface area (Å²) >= 11 is 1.57. The number of rotatable bonds is 3. The zero-order valence-corrected chi connectivity index (χ0v) is 22.8. The van der Waals surface area contributed by atoms with Crippen molar-refractivity contribution in [1.29, 1.82) is 0 Å². The molecule has 2 aliphatic heterocycles. The number of likely N-dealkylation sites (tertiary alicyclic amines) is 1. The maximum absolute atomic E-state index is 13.7. The minimum atomic E-state index is -4.28. The average molecular weight is 594 g/mol. The lowest BCUT2D eigenvalue weighted by molar-refractivity contribution is -0.188. The fourth-order valence-electron chi connectivity index (χ4n) is 4.56. The second kappa shape index (κ2) is 13.7. The number of piperidine rings is 1. The Hall–Kier alpha value is -3.82. The van der Waals surface area contributed by atoms with Crippen LogP contribution in [-0.4, -0.2) is 46.9 Å². The highest BCUT2D eigenvalue weighted by Crippen LogP contribution is 2.36. The topological polar surface area (TPSA) is 74.6 Å². The molecule has 1 fully saturated rings. The molecule has 2 aliphatic rings. The minimum absolute atomic E-state index is 0.00807. The first kappa shape index (κ1) is 31.7. The van der Waals surface area contributed by atoms with Crippen LogP contribution in [0.3, 0.4) is 0 Å². The molecule has 0 bridgehead atoms. The smallest absolute Gasteiger partial charge is 0.391 e. The van der Waals surface area contributed by atoms with Crippen LogP contribution in [0.25, 0.3) is 0 Å². The third-order valence-corrected chi connectivity index (χ3v) is 8.00. The summed E-state index contributed by atoms with van der Waals surface area (Å²) < 4.78 is 66.5. The molecule has 3 heterocycles. The number of nitrogens with one attached hydrogen (secondary N) is 1. The monoisotopic (exact) mass is 593 g/mol. The van der Waals surface area contributed by atoms with Crippen LogP contribution in [0.15, 0.2) is 58.4 Å². The van der Waals surface area contributed by atoms with Gasteiger partial charge in [0, 0.05) is 35.0 Å². The molecule has 41 heavy (non-hydrogen) atoms. The first-order valence-corrected chi connectivity index (χ1v) is 13.4. The maximum Gasteiger partial charge on any atom is 0.391 e. The Balaban J connectivity index is 0.000000218. The molecule has 0 radical (unpaired) electrons. The van der Waals surface area contributed by atoms with Gasteiger partial charge in [0.1, 0.15) is 5.69 Å². The molecule has 1 aromatic heterocycles. The SMILES string of the molecule is C#C.CN1CC[C@@H](C(F)(F)F)C[C@H]1Nn1ccc(=O)c(O)c1C=O.Fc1ccc2c(c1F)CSc1ccccc1C2. The lowest BCUT2D eigenvalue weighted by Crippen LogP contribution is -2.50. The molecular weight excluding hydrogens is 565 g/mol. The van der Waals surface area contributed by atoms with E-state index in [0.29, 0.717) is 17.7 Å². The number of pyridine rings is 1. The summed E-state index contributed by atoms with van der Waals surface area (Å²) in [4.78, 5) is 25.1. The van der Waals surface area contributed by atoms with Gasteiger partial charge in [0.25, 0.3) is 0 Å². The van der Waals surface area contributed by atoms with Gasteiger partial charge in [-0.1, -0.05) is 24.3 Å². The number of terminal acetylenes is 1. The highest BCUT2D eigenvalue weighted by molar-refractivity contribution is 7.98. The van der Waals surface area contributed by atoms with Crippen molar-refractivity contribution in [3.05, 3.63) is 92.9 Å². The van der Waals surface area contributed by atoms with E-state index in [2.05, 4.69) is 18.3 Å². The van der Waals surface area contributed by atoms with Gasteiger partial charge in [0.2, 0.25) is 5.43 Å². The third kappa shape index (κ3) is 7.48. The molecule has 0 aliphatic carbocycles. The molecule has 0 amide bonds. The Kier molecular flexibility index (Phi) is 10.6. The van der Waals surface area contributed by atoms with Gasteiger partial charge in [-0.2, -0.15) is 13.2 Å². The second-order valence-electron chi connectivity index (χ2n) is 9.36. The molecule has 6 nitrogen and oxygen atoms in total. The van der Waals surface area contributed by atoms with Crippen molar-refractivity contribution < 1.29 is 31.9 Å². The van der Waals surface area contributed by atoms with E-state index in [0.717, 1.165) is 21.2 Å². The molecule has 0 spiro atoms. The highest BCUT2D eigenvalue weighted by Gasteiger charge is 2.43. The molecule has 3 aromatic rings. The van der Waals surface area contributed by atoms with E-state index in [-0.39, 0.29) is 31.4 Å². The largest absolute Gasteiger partial charge is 0.503 e. The minimum Gasteiger partial charge on any atom is -0.503 e. The number of halogens is 5. The summed E-state index contributed by atoms with van der Waals surface area (Å²) in [5.41, 5.74) is 4.26. The number of aromatic nitrogens is 1. The van der Waals surface area contributed by atoms with Gasteiger partial charge >= 0.3 is 6.18 Å². The zero-order chi connectivity index (χ0) is 30.3. The standard InChI is InChI=1S/C14H10F2S.C13H16F3N3O3.C2H2/c15-12-6-5-9-7-10-3-1-2-4-13(10)17-8-11(9)14(12)16;1-18-4-2-8(13(14,15)16)6-11(18)17-19-5-3-10(21)12(22)9(19)7-20;1-2/h1-6H,7-8H2;3,5,7-8,11,17,22H,2,4,6H2,1H3;1-2H/t;8-,11+;/m.1./s1. The van der Waals surface area contributed by atoms with Crippen LogP contribution in [0, 0.1) is 30.4 Å². The number of fused-ring (bicyclic) bond motifs is 2. The quantitative estimate of drug-likeness (QED) is 0.236. The van der Waals surface area contributed by atoms with Crippen LogP contribution >= 0.6 is 11.8 Å². The number of carbonyl (C=O) groups is 1. The van der Waals surface area contributed by atoms with Gasteiger partial charge in [0.05, 0.1) is 12.1 Å². The van der Waals surface area contributed by atoms with Crippen molar-refractivity contribution in [2.45, 2.75) is 42.3 Å². The molecule has 0 unspecified atom stereocenters. The van der Waals surface area contributed by atoms with E-state index in [9.17, 15) is 36.6 Å². The van der Waals surface area contributed by atoms with E-state index in [1.807, 2.05) is 24.3 Å². The van der Waals surface area contributed by atoms with Crippen molar-refractivity contribution in [1.82, 2.24) is 9.58 Å². The zero-order valence-electron chi connectivity index (χ0n) is 22.0. The van der Waals surface area contributed by atoms with E-state index >= 15 is 0 Å². The Morgan fingerprint density at radius 2 is 1.80 bits per heavy atom. The van der Waals surface area contributed by atoms with Gasteiger partial charge in [-0.25, -0.2) is 8.78 Å². The fraction of sp³-hybridized carbons (Fsp3) is 0.310. The number of nitrogens with zero attached hydrogens (tertiary/aromatic N) is 2. The second-order valence-corrected chi connectivity index (χ2v) is 10.4. The molecule has 2 aromatic carbocycles. The van der Waals surface area contributed by atoms with Crippen LogP contribution in [0.4, 0.5) is 22.0 Å². The Morgan fingerprint density at radius 1 is 1.10 bits per heavy atom. The molecule has 1 saturated heterocycles. The number of aldehydes is 1. The first-order chi connectivity index (χ1) is 19.5. The molecular formula is C29H28F5N3O3S. The summed E-state index contributed by atoms with van der Waals surface area (Å²) in [6.07, 6.45) is 5.01. The van der Waals surface area contributed by atoms with Crippen LogP contribution < -0.4 is 10.9 Å². The predicted molar refractivity (Wildman–Crippen MR) is 147 cm³/mol. The maximum atomic E-state index is 13.7. The van der Waals surface area contributed by atoms with Crippen LogP contribution in [0.1, 0.15) is 40.0 Å². The summed E-state index contributed by atoms with van der Waals surface area (Å²) in [5, 5.41) is 9.56. The number of benzene rings is 2. The van der Waals surface area contributed by atoms with Crippen molar-refractivity contribution in [2.75, 3.05) is 19.0 Å². The van der Waals surface area contributed by atoms with Gasteiger partial charge in [0.15, 0.2) is 23.7 Å². The Bertz CT molecular complexity index is 1460. The number of hydrogen-bond acceptors (Lipinski definition) is 6. The first-order valence-electron chi connectivity index (χ1n) is 12.4. The molecule has 2 N–H and O–H groups in total. The predicted octanol–water partition coefficient (Wildman–Crippen LogP) is 5.55. The lowest BCUT2D eigenvalue weighted by Gasteiger charge is -2.39. The Morgan fingerprint density at radius 3 is 2.49 bits per heavy atom. The van der Waals surface area contributed by atoms with Crippen molar-refractivity contribution in [3.8, 4) is 18.6 Å². The van der Waals surface area contributed by atoms with Gasteiger partial charge in [-0.05, 0) is 49.6 Å². The van der Waals surface area contributed by atoms with E-state index < -0.39 is 41.1 Å². The van der Waals surface area contributed by atoms with Gasteiger partial charge in [-0.15, -0.1) is 24.6 Å². The van der Waals surface area contributed by atoms with Gasteiger partial charge in [-0.3, -0.25) is 19.2 Å². The average Bonchev–Trinajstić information content (AvgIpc) is 3.15. The van der Waals surface area contributed by atoms with Crippen molar-refractivity contribution in [3.63, 3.8) is 0 Å². The van der Waals surface area contributed by atoms with E-state index in [1.54, 1.807) is 29.8 Å². The molecule has 0 saturated carbocycles. The van der Waals surface area contributed by atoms with E-state index in [4.69, 9.17) is 0 Å². The number of aromatic hydroxyl groups is 1. The highest BCUT2D eigenvalue weighted by atomic mass is 32.2. The normalized spacial score (nSPS) is 18.2. The summed E-state index contributed by atoms with van der Waals surface area (Å²) in [6.45, 7) is 0.241. The number of thioether (sulfide) groups is 1. The molecule has 218 valence electrons. The third-order valence-electron chi connectivity index (χ3n) is 6.86. The van der Waals surface area contributed by atoms with Crippen LogP contribution in [-0.2, 0) is 12.2 Å². The van der Waals surface area contributed by atoms with Crippen molar-refractivity contribution >= 4 is 18.0 Å². The molecule has 2 atom stereocenters. The van der Waals surface area contributed by atoms with E-state index in [1.165, 1.54) is 17.8 Å². The number of alkyl halides is 3. The van der Waals surface area contributed by atoms with Crippen molar-refractivity contribution in [2.24, 2.45) is 5.92 Å². The van der Waals surface area contributed by atoms with Crippen LogP contribution in [0.2, 0.25) is 0 Å². The number of hydrogen-bond donors (Lipinski definition) is 2. The van der Waals surface area contributed by atoms with Crippen LogP contribution in [0.5, 0.6) is 5.75 Å². The summed E-state index contributed by atoms with van der Waals surface area (Å²) in [5.74, 6) is -3.13. The lowest BCUT2D eigenvalue weighted by atomic mass is 9.94.